The molecule has 0 bridgehead atoms. The average molecular weight is 700 g/mol. The summed E-state index contributed by atoms with van der Waals surface area (Å²) < 4.78 is 3.50. The van der Waals surface area contributed by atoms with Crippen LogP contribution in [0.1, 0.15) is 18.4 Å². The maximum atomic E-state index is 12.7. The predicted octanol–water partition coefficient (Wildman–Crippen LogP) is 3.44. The molecule has 236 valence electrons. The topological polar surface area (TPSA) is 174 Å². The molecule has 11 nitrogen and oxygen atoms in total. The van der Waals surface area contributed by atoms with Crippen LogP contribution in [0.15, 0.2) is 77.9 Å². The maximum Gasteiger partial charge on any atom is 0.324 e. The van der Waals surface area contributed by atoms with Gasteiger partial charge >= 0.3 is 5.97 Å². The van der Waals surface area contributed by atoms with Crippen molar-refractivity contribution in [3.05, 3.63) is 78.5 Å². The molecule has 0 saturated carbocycles. The molecule has 0 radical (unpaired) electrons. The van der Waals surface area contributed by atoms with Crippen LogP contribution in [0.2, 0.25) is 0 Å². The highest BCUT2D eigenvalue weighted by atomic mass is 35.6. The number of nitrogens with two attached hydrogens (primary N) is 3. The molecule has 0 aliphatic rings. The Hall–Kier alpha value is -3.33. The van der Waals surface area contributed by atoms with Crippen LogP contribution in [0.3, 0.4) is 0 Å². The SMILES string of the molecule is NC(N)=NCCC[C@H](N)C(=O)OCN(C(=S)NC(NC(=O)/C=C/c1ccccc1)C(Cl)(Cl)Cl)c1cccc2cccnc12.S. The number of esters is 1. The van der Waals surface area contributed by atoms with Crippen molar-refractivity contribution < 1.29 is 14.3 Å². The van der Waals surface area contributed by atoms with Crippen LogP contribution in [0.4, 0.5) is 5.69 Å². The number of aromatic nitrogens is 1. The summed E-state index contributed by atoms with van der Waals surface area (Å²) >= 11 is 24.3. The van der Waals surface area contributed by atoms with Crippen molar-refractivity contribution in [2.75, 3.05) is 18.2 Å². The van der Waals surface area contributed by atoms with Gasteiger partial charge in [-0.2, -0.15) is 13.5 Å². The summed E-state index contributed by atoms with van der Waals surface area (Å²) in [6.07, 6.45) is 3.99. The molecule has 2 aromatic carbocycles. The van der Waals surface area contributed by atoms with Crippen molar-refractivity contribution in [1.82, 2.24) is 15.6 Å². The molecule has 0 saturated heterocycles. The molecule has 2 atom stereocenters. The first-order valence-electron chi connectivity index (χ1n) is 13.0. The lowest BCUT2D eigenvalue weighted by Gasteiger charge is -2.32. The predicted molar refractivity (Wildman–Crippen MR) is 187 cm³/mol. The Bertz CT molecular complexity index is 1470. The second kappa shape index (κ2) is 17.8. The monoisotopic (exact) mass is 698 g/mol. The molecule has 1 aromatic heterocycles. The first kappa shape index (κ1) is 36.9. The molecule has 0 aliphatic heterocycles. The van der Waals surface area contributed by atoms with E-state index in [9.17, 15) is 9.59 Å². The van der Waals surface area contributed by atoms with Gasteiger partial charge in [-0.05, 0) is 48.8 Å². The van der Waals surface area contributed by atoms with Gasteiger partial charge in [0.2, 0.25) is 9.70 Å². The van der Waals surface area contributed by atoms with Crippen LogP contribution in [-0.4, -0.2) is 57.2 Å². The van der Waals surface area contributed by atoms with E-state index in [1.54, 1.807) is 30.5 Å². The van der Waals surface area contributed by atoms with Crippen molar-refractivity contribution >= 4 is 106 Å². The number of hydrogen-bond donors (Lipinski definition) is 5. The molecule has 0 aliphatic carbocycles. The van der Waals surface area contributed by atoms with Crippen LogP contribution in [0, 0.1) is 0 Å². The van der Waals surface area contributed by atoms with Gasteiger partial charge in [0.15, 0.2) is 17.8 Å². The smallest absolute Gasteiger partial charge is 0.324 e. The molecule has 8 N–H and O–H groups in total. The highest BCUT2D eigenvalue weighted by Gasteiger charge is 2.35. The number of alkyl halides is 3. The summed E-state index contributed by atoms with van der Waals surface area (Å²) in [7, 11) is 0. The summed E-state index contributed by atoms with van der Waals surface area (Å²) in [5.74, 6) is -1.27. The normalized spacial score (nSPS) is 12.5. The number of ether oxygens (including phenoxy) is 1. The Morgan fingerprint density at radius 3 is 2.45 bits per heavy atom. The average Bonchev–Trinajstić information content (AvgIpc) is 2.97. The number of benzene rings is 2. The van der Waals surface area contributed by atoms with Crippen LogP contribution in [0.5, 0.6) is 0 Å². The highest BCUT2D eigenvalue weighted by Crippen LogP contribution is 2.30. The molecule has 3 aromatic rings. The van der Waals surface area contributed by atoms with Crippen LogP contribution in [-0.2, 0) is 14.3 Å². The molecular weight excluding hydrogens is 667 g/mol. The third kappa shape index (κ3) is 11.6. The zero-order valence-electron chi connectivity index (χ0n) is 23.3. The number of nitrogens with zero attached hydrogens (tertiary/aromatic N) is 3. The maximum absolute atomic E-state index is 12.7. The number of hydrogen-bond acceptors (Lipinski definition) is 7. The zero-order chi connectivity index (χ0) is 31.4. The number of amides is 1. The Morgan fingerprint density at radius 2 is 1.77 bits per heavy atom. The summed E-state index contributed by atoms with van der Waals surface area (Å²) in [4.78, 5) is 35.2. The lowest BCUT2D eigenvalue weighted by molar-refractivity contribution is -0.145. The van der Waals surface area contributed by atoms with Gasteiger partial charge in [0, 0.05) is 24.2 Å². The standard InChI is InChI=1S/C28H31Cl3N8O3S.H2S/c29-28(30,31)25(37-22(40)14-13-18-7-2-1-3-8-18)38-27(43)39(21-12-4-9-19-10-5-15-35-23(19)21)17-42-24(41)20(32)11-6-16-36-26(33)34;/h1-5,7-10,12-15,20,25H,6,11,16-17,32H2,(H,37,40)(H,38,43)(H4,33,34,36);1H2/b14-13+;/t20-,25?;/m0./s1. The van der Waals surface area contributed by atoms with Gasteiger partial charge in [-0.25, -0.2) is 0 Å². The number of para-hydroxylation sites is 1. The van der Waals surface area contributed by atoms with Gasteiger partial charge in [-0.1, -0.05) is 83.3 Å². The molecule has 3 rings (SSSR count). The van der Waals surface area contributed by atoms with Gasteiger partial charge in [-0.15, -0.1) is 0 Å². The van der Waals surface area contributed by atoms with E-state index >= 15 is 0 Å². The lowest BCUT2D eigenvalue weighted by atomic mass is 10.2. The van der Waals surface area contributed by atoms with E-state index in [0.717, 1.165) is 10.9 Å². The second-order valence-corrected chi connectivity index (χ2v) is 11.9. The number of aliphatic imine (C=N–C) groups is 1. The van der Waals surface area contributed by atoms with Crippen molar-refractivity contribution in [3.63, 3.8) is 0 Å². The number of carbonyl (C=O) groups excluding carboxylic acids is 2. The van der Waals surface area contributed by atoms with Crippen molar-refractivity contribution in [2.24, 2.45) is 22.2 Å². The van der Waals surface area contributed by atoms with E-state index in [1.807, 2.05) is 42.5 Å². The first-order chi connectivity index (χ1) is 20.5. The van der Waals surface area contributed by atoms with Crippen molar-refractivity contribution in [1.29, 1.82) is 0 Å². The fraction of sp³-hybridized carbons (Fsp3) is 0.250. The quantitative estimate of drug-likeness (QED) is 0.0276. The number of nitrogens with one attached hydrogen (secondary N) is 2. The molecule has 16 heteroatoms. The van der Waals surface area contributed by atoms with Gasteiger partial charge in [-0.3, -0.25) is 24.5 Å². The highest BCUT2D eigenvalue weighted by molar-refractivity contribution is 7.80. The van der Waals surface area contributed by atoms with Crippen LogP contribution >= 0.6 is 60.5 Å². The molecule has 44 heavy (non-hydrogen) atoms. The number of thiocarbonyl (C=S) groups is 1. The number of guanidine groups is 1. The minimum absolute atomic E-state index is 0. The number of pyridine rings is 1. The van der Waals surface area contributed by atoms with Crippen LogP contribution < -0.4 is 32.7 Å². The largest absolute Gasteiger partial charge is 0.443 e. The molecular formula is C28H33Cl3N8O3S2. The number of rotatable bonds is 12. The summed E-state index contributed by atoms with van der Waals surface area (Å²) in [6.45, 7) is -0.0494. The Kier molecular flexibility index (Phi) is 14.9. The van der Waals surface area contributed by atoms with Crippen LogP contribution in [0.25, 0.3) is 17.0 Å². The van der Waals surface area contributed by atoms with Crippen molar-refractivity contribution in [3.8, 4) is 0 Å². The molecule has 0 spiro atoms. The zero-order valence-corrected chi connectivity index (χ0v) is 27.4. The second-order valence-electron chi connectivity index (χ2n) is 9.10. The lowest BCUT2D eigenvalue weighted by Crippen LogP contribution is -2.58. The van der Waals surface area contributed by atoms with E-state index < -0.39 is 27.9 Å². The van der Waals surface area contributed by atoms with E-state index in [4.69, 9.17) is 69.0 Å². The minimum Gasteiger partial charge on any atom is -0.443 e. The Morgan fingerprint density at radius 1 is 1.07 bits per heavy atom. The number of halogens is 3. The third-order valence-corrected chi connectivity index (χ3v) is 6.86. The third-order valence-electron chi connectivity index (χ3n) is 5.86. The summed E-state index contributed by atoms with van der Waals surface area (Å²) in [5, 5.41) is 6.23. The molecule has 1 unspecified atom stereocenters. The molecule has 1 heterocycles. The summed E-state index contributed by atoms with van der Waals surface area (Å²) in [5.41, 5.74) is 18.5. The van der Waals surface area contributed by atoms with E-state index in [1.165, 1.54) is 11.0 Å². The van der Waals surface area contributed by atoms with E-state index in [0.29, 0.717) is 24.2 Å². The summed E-state index contributed by atoms with van der Waals surface area (Å²) in [6, 6.07) is 17.3. The van der Waals surface area contributed by atoms with E-state index in [2.05, 4.69) is 20.6 Å². The van der Waals surface area contributed by atoms with Gasteiger partial charge in [0.1, 0.15) is 12.2 Å². The fourth-order valence-corrected chi connectivity index (χ4v) is 4.34. The van der Waals surface area contributed by atoms with E-state index in [-0.39, 0.29) is 37.7 Å². The Balaban J connectivity index is 0.00000675. The fourth-order valence-electron chi connectivity index (χ4n) is 3.74. The van der Waals surface area contributed by atoms with Crippen molar-refractivity contribution in [2.45, 2.75) is 28.8 Å². The van der Waals surface area contributed by atoms with Gasteiger partial charge < -0.3 is 32.6 Å². The Labute approximate surface area is 282 Å². The minimum atomic E-state index is -2.03. The number of anilines is 1. The molecule has 0 fully saturated rings. The molecule has 1 amide bonds. The first-order valence-corrected chi connectivity index (χ1v) is 14.5. The van der Waals surface area contributed by atoms with Gasteiger partial charge in [0.25, 0.3) is 0 Å². The number of carbonyl (C=O) groups is 2. The number of fused-ring (bicyclic) bond motifs is 1. The van der Waals surface area contributed by atoms with Gasteiger partial charge in [0.05, 0.1) is 11.2 Å².